The van der Waals surface area contributed by atoms with Crippen LogP contribution in [0.5, 0.6) is 5.75 Å². The van der Waals surface area contributed by atoms with Gasteiger partial charge in [0.1, 0.15) is 5.75 Å². The number of carbonyl (C=O) groups excluding carboxylic acids is 2. The van der Waals surface area contributed by atoms with Crippen molar-refractivity contribution >= 4 is 17.5 Å². The van der Waals surface area contributed by atoms with Gasteiger partial charge in [-0.25, -0.2) is 0 Å². The van der Waals surface area contributed by atoms with E-state index in [0.717, 1.165) is 36.0 Å². The Balaban J connectivity index is 1.78. The third-order valence-corrected chi connectivity index (χ3v) is 4.77. The highest BCUT2D eigenvalue weighted by molar-refractivity contribution is 5.97. The molecular weight excluding hydrogens is 366 g/mol. The molecule has 5 nitrogen and oxygen atoms in total. The van der Waals surface area contributed by atoms with Crippen molar-refractivity contribution in [2.45, 2.75) is 45.8 Å². The highest BCUT2D eigenvalue weighted by Crippen LogP contribution is 2.33. The zero-order chi connectivity index (χ0) is 20.3. The molecule has 0 spiro atoms. The van der Waals surface area contributed by atoms with Crippen LogP contribution in [0.4, 0.5) is 14.5 Å². The number of hydrogen-bond acceptors (Lipinski definition) is 3. The van der Waals surface area contributed by atoms with Crippen molar-refractivity contribution in [3.8, 4) is 5.75 Å². The van der Waals surface area contributed by atoms with Crippen LogP contribution in [0.2, 0.25) is 0 Å². The molecule has 0 saturated carbocycles. The summed E-state index contributed by atoms with van der Waals surface area (Å²) in [6.45, 7) is 0.400. The van der Waals surface area contributed by atoms with E-state index in [9.17, 15) is 18.4 Å². The van der Waals surface area contributed by atoms with Gasteiger partial charge in [-0.3, -0.25) is 9.59 Å². The summed E-state index contributed by atoms with van der Waals surface area (Å²) in [5, 5.41) is 5.73. The first-order valence-corrected chi connectivity index (χ1v) is 9.10. The van der Waals surface area contributed by atoms with Crippen LogP contribution in [0.15, 0.2) is 36.4 Å². The van der Waals surface area contributed by atoms with Crippen LogP contribution in [0.1, 0.15) is 52.9 Å². The van der Waals surface area contributed by atoms with E-state index in [-0.39, 0.29) is 23.6 Å². The molecule has 1 aliphatic carbocycles. The fraction of sp³-hybridized carbons (Fsp3) is 0.333. The Morgan fingerprint density at radius 2 is 1.96 bits per heavy atom. The predicted molar refractivity (Wildman–Crippen MR) is 102 cm³/mol. The van der Waals surface area contributed by atoms with Crippen molar-refractivity contribution in [2.75, 3.05) is 5.32 Å². The first-order valence-electron chi connectivity index (χ1n) is 9.10. The molecule has 7 heteroatoms. The largest absolute Gasteiger partial charge is 0.435 e. The summed E-state index contributed by atoms with van der Waals surface area (Å²) in [7, 11) is 0. The smallest absolute Gasteiger partial charge is 0.387 e. The molecule has 1 unspecified atom stereocenters. The van der Waals surface area contributed by atoms with Crippen LogP contribution in [0.3, 0.4) is 0 Å². The second kappa shape index (κ2) is 8.37. The van der Waals surface area contributed by atoms with E-state index in [1.807, 2.05) is 6.92 Å². The fourth-order valence-electron chi connectivity index (χ4n) is 3.45. The topological polar surface area (TPSA) is 67.4 Å². The lowest BCUT2D eigenvalue weighted by Gasteiger charge is -2.27. The lowest BCUT2D eigenvalue weighted by Crippen LogP contribution is -2.31. The van der Waals surface area contributed by atoms with E-state index in [1.54, 1.807) is 30.3 Å². The first-order chi connectivity index (χ1) is 13.3. The number of alkyl halides is 2. The van der Waals surface area contributed by atoms with Gasteiger partial charge in [0.25, 0.3) is 5.91 Å². The molecule has 3 rings (SSSR count). The van der Waals surface area contributed by atoms with Gasteiger partial charge in [-0.2, -0.15) is 8.78 Å². The summed E-state index contributed by atoms with van der Waals surface area (Å²) in [6, 6.07) is 9.77. The molecule has 0 bridgehead atoms. The molecule has 2 amide bonds. The predicted octanol–water partition coefficient (Wildman–Crippen LogP) is 4.36. The number of fused-ring (bicyclic) bond motifs is 1. The van der Waals surface area contributed by atoms with Gasteiger partial charge >= 0.3 is 6.61 Å². The molecule has 0 fully saturated rings. The van der Waals surface area contributed by atoms with Gasteiger partial charge in [0.15, 0.2) is 0 Å². The number of hydrogen-bond donors (Lipinski definition) is 2. The molecule has 0 aliphatic heterocycles. The average molecular weight is 388 g/mol. The van der Waals surface area contributed by atoms with Crippen molar-refractivity contribution in [3.63, 3.8) is 0 Å². The van der Waals surface area contributed by atoms with Crippen LogP contribution in [-0.4, -0.2) is 18.4 Å². The highest BCUT2D eigenvalue weighted by Gasteiger charge is 2.23. The zero-order valence-electron chi connectivity index (χ0n) is 15.7. The maximum Gasteiger partial charge on any atom is 0.387 e. The van der Waals surface area contributed by atoms with Gasteiger partial charge in [0, 0.05) is 18.2 Å². The normalized spacial score (nSPS) is 15.7. The van der Waals surface area contributed by atoms with Crippen LogP contribution < -0.4 is 15.4 Å². The Morgan fingerprint density at radius 3 is 2.68 bits per heavy atom. The molecule has 28 heavy (non-hydrogen) atoms. The summed E-state index contributed by atoms with van der Waals surface area (Å²) < 4.78 is 29.3. The minimum atomic E-state index is -2.86. The van der Waals surface area contributed by atoms with Crippen molar-refractivity contribution in [2.24, 2.45) is 0 Å². The summed E-state index contributed by atoms with van der Waals surface area (Å²) in [5.41, 5.74) is 3.71. The standard InChI is InChI=1S/C21H22F2N2O3/c1-12-6-7-15(11-19(12)24-13(2)26)20(27)25-18-5-3-4-14-10-16(28-21(22)23)8-9-17(14)18/h6-11,18,21H,3-5H2,1-2H3,(H,24,26)(H,25,27). The zero-order valence-corrected chi connectivity index (χ0v) is 15.7. The Kier molecular flexibility index (Phi) is 5.92. The van der Waals surface area contributed by atoms with Gasteiger partial charge in [-0.05, 0) is 67.1 Å². The molecule has 0 radical (unpaired) electrons. The molecule has 0 aromatic heterocycles. The molecule has 1 atom stereocenters. The first kappa shape index (κ1) is 19.8. The number of nitrogens with one attached hydrogen (secondary N) is 2. The van der Waals surface area contributed by atoms with Gasteiger partial charge in [-0.15, -0.1) is 0 Å². The maximum atomic E-state index is 12.7. The summed E-state index contributed by atoms with van der Waals surface area (Å²) in [5.74, 6) is -0.333. The van der Waals surface area contributed by atoms with Crippen LogP contribution in [-0.2, 0) is 11.2 Å². The van der Waals surface area contributed by atoms with Gasteiger partial charge in [0.05, 0.1) is 6.04 Å². The number of aryl methyl sites for hydroxylation is 2. The van der Waals surface area contributed by atoms with Crippen molar-refractivity contribution < 1.29 is 23.1 Å². The number of rotatable bonds is 5. The average Bonchev–Trinajstić information content (AvgIpc) is 2.62. The molecule has 2 aromatic rings. The maximum absolute atomic E-state index is 12.7. The monoisotopic (exact) mass is 388 g/mol. The SMILES string of the molecule is CC(=O)Nc1cc(C(=O)NC2CCCc3cc(OC(F)F)ccc32)ccc1C. The number of carbonyl (C=O) groups is 2. The minimum Gasteiger partial charge on any atom is -0.435 e. The second-order valence-electron chi connectivity index (χ2n) is 6.87. The van der Waals surface area contributed by atoms with E-state index in [4.69, 9.17) is 0 Å². The number of benzene rings is 2. The third kappa shape index (κ3) is 4.65. The van der Waals surface area contributed by atoms with E-state index in [1.165, 1.54) is 13.0 Å². The van der Waals surface area contributed by atoms with E-state index in [0.29, 0.717) is 11.3 Å². The molecular formula is C21H22F2N2O3. The van der Waals surface area contributed by atoms with Crippen LogP contribution in [0.25, 0.3) is 0 Å². The molecule has 2 N–H and O–H groups in total. The van der Waals surface area contributed by atoms with Gasteiger partial charge in [0.2, 0.25) is 5.91 Å². The Morgan fingerprint density at radius 1 is 1.18 bits per heavy atom. The molecule has 0 saturated heterocycles. The second-order valence-corrected chi connectivity index (χ2v) is 6.87. The van der Waals surface area contributed by atoms with Crippen molar-refractivity contribution in [1.29, 1.82) is 0 Å². The van der Waals surface area contributed by atoms with E-state index >= 15 is 0 Å². The quantitative estimate of drug-likeness (QED) is 0.800. The van der Waals surface area contributed by atoms with E-state index < -0.39 is 6.61 Å². The van der Waals surface area contributed by atoms with Gasteiger partial charge in [-0.1, -0.05) is 12.1 Å². The summed E-state index contributed by atoms with van der Waals surface area (Å²) >= 11 is 0. The Labute approximate surface area is 162 Å². The molecule has 148 valence electrons. The van der Waals surface area contributed by atoms with Crippen molar-refractivity contribution in [3.05, 3.63) is 58.7 Å². The Hall–Kier alpha value is -2.96. The van der Waals surface area contributed by atoms with Gasteiger partial charge < -0.3 is 15.4 Å². The number of halogens is 2. The number of anilines is 1. The lowest BCUT2D eigenvalue weighted by molar-refractivity contribution is -0.114. The summed E-state index contributed by atoms with van der Waals surface area (Å²) in [6.07, 6.45) is 2.35. The molecule has 1 aliphatic rings. The minimum absolute atomic E-state index is 0.124. The molecule has 0 heterocycles. The number of amides is 2. The van der Waals surface area contributed by atoms with Crippen molar-refractivity contribution in [1.82, 2.24) is 5.32 Å². The van der Waals surface area contributed by atoms with Crippen LogP contribution in [0, 0.1) is 6.92 Å². The summed E-state index contributed by atoms with van der Waals surface area (Å²) in [4.78, 5) is 24.1. The van der Waals surface area contributed by atoms with Crippen LogP contribution >= 0.6 is 0 Å². The lowest BCUT2D eigenvalue weighted by atomic mass is 9.87. The third-order valence-electron chi connectivity index (χ3n) is 4.77. The molecule has 2 aromatic carbocycles. The highest BCUT2D eigenvalue weighted by atomic mass is 19.3. The Bertz CT molecular complexity index is 899. The fourth-order valence-corrected chi connectivity index (χ4v) is 3.45. The van der Waals surface area contributed by atoms with E-state index in [2.05, 4.69) is 15.4 Å². The number of ether oxygens (including phenoxy) is 1.